The fourth-order valence-electron chi connectivity index (χ4n) is 2.63. The summed E-state index contributed by atoms with van der Waals surface area (Å²) < 4.78 is 0. The van der Waals surface area contributed by atoms with E-state index in [2.05, 4.69) is 12.2 Å². The van der Waals surface area contributed by atoms with Gasteiger partial charge in [-0.1, -0.05) is 25.3 Å². The molecule has 0 bridgehead atoms. The van der Waals surface area contributed by atoms with Gasteiger partial charge >= 0.3 is 5.97 Å². The predicted molar refractivity (Wildman–Crippen MR) is 70.0 cm³/mol. The Balaban J connectivity index is 2.20. The summed E-state index contributed by atoms with van der Waals surface area (Å²) in [7, 11) is 0. The molecule has 0 aromatic carbocycles. The lowest BCUT2D eigenvalue weighted by Gasteiger charge is -2.29. The quantitative estimate of drug-likeness (QED) is 0.701. The van der Waals surface area contributed by atoms with Gasteiger partial charge in [0.1, 0.15) is 0 Å². The molecule has 1 rings (SSSR count). The van der Waals surface area contributed by atoms with Gasteiger partial charge in [0.2, 0.25) is 0 Å². The summed E-state index contributed by atoms with van der Waals surface area (Å²) in [5, 5.41) is 12.1. The summed E-state index contributed by atoms with van der Waals surface area (Å²) in [6, 6.07) is 0.584. The first kappa shape index (κ1) is 14.2. The average molecular weight is 239 g/mol. The number of hydrogen-bond donors (Lipinski definition) is 2. The number of carboxylic acid groups (broad SMARTS) is 1. The maximum atomic E-state index is 10.5. The van der Waals surface area contributed by atoms with Crippen LogP contribution in [0.4, 0.5) is 0 Å². The van der Waals surface area contributed by atoms with E-state index in [1.807, 2.05) is 6.92 Å². The van der Waals surface area contributed by atoms with E-state index >= 15 is 0 Å². The van der Waals surface area contributed by atoms with Crippen molar-refractivity contribution in [3.63, 3.8) is 0 Å². The zero-order valence-corrected chi connectivity index (χ0v) is 11.0. The first-order valence-corrected chi connectivity index (χ1v) is 6.75. The molecule has 0 aliphatic heterocycles. The van der Waals surface area contributed by atoms with Gasteiger partial charge in [-0.25, -0.2) is 4.79 Å². The summed E-state index contributed by atoms with van der Waals surface area (Å²) in [6.07, 6.45) is 9.08. The minimum Gasteiger partial charge on any atom is -0.478 e. The number of nitrogens with one attached hydrogen (secondary N) is 1. The third-order valence-corrected chi connectivity index (χ3v) is 3.58. The molecule has 3 heteroatoms. The topological polar surface area (TPSA) is 49.3 Å². The molecular formula is C14H25NO2. The molecule has 1 saturated carbocycles. The maximum Gasteiger partial charge on any atom is 0.328 e. The molecule has 3 nitrogen and oxygen atoms in total. The van der Waals surface area contributed by atoms with Crippen molar-refractivity contribution in [1.29, 1.82) is 0 Å². The lowest BCUT2D eigenvalue weighted by atomic mass is 9.83. The van der Waals surface area contributed by atoms with Crippen LogP contribution in [0.15, 0.2) is 11.6 Å². The van der Waals surface area contributed by atoms with Gasteiger partial charge in [0.25, 0.3) is 0 Å². The summed E-state index contributed by atoms with van der Waals surface area (Å²) in [4.78, 5) is 10.5. The van der Waals surface area contributed by atoms with E-state index in [1.54, 1.807) is 0 Å². The van der Waals surface area contributed by atoms with Gasteiger partial charge in [0.15, 0.2) is 0 Å². The molecule has 2 N–H and O–H groups in total. The van der Waals surface area contributed by atoms with Crippen LogP contribution in [0.25, 0.3) is 0 Å². The molecular weight excluding hydrogens is 214 g/mol. The molecule has 0 heterocycles. The first-order chi connectivity index (χ1) is 8.11. The van der Waals surface area contributed by atoms with Gasteiger partial charge in [-0.15, -0.1) is 0 Å². The van der Waals surface area contributed by atoms with Gasteiger partial charge in [0.05, 0.1) is 0 Å². The Morgan fingerprint density at radius 3 is 2.53 bits per heavy atom. The summed E-state index contributed by atoms with van der Waals surface area (Å²) in [5.41, 5.74) is 0.896. The molecule has 0 aromatic heterocycles. The van der Waals surface area contributed by atoms with E-state index in [9.17, 15) is 4.79 Å². The Morgan fingerprint density at radius 1 is 1.35 bits per heavy atom. The number of hydrogen-bond acceptors (Lipinski definition) is 2. The SMILES string of the molecule is CCCC1CCC(NCC(C)=CC(=O)O)CC1. The molecule has 0 amide bonds. The van der Waals surface area contributed by atoms with E-state index in [-0.39, 0.29) is 0 Å². The highest BCUT2D eigenvalue weighted by Gasteiger charge is 2.19. The van der Waals surface area contributed by atoms with Crippen LogP contribution in [0.1, 0.15) is 52.4 Å². The molecule has 0 atom stereocenters. The van der Waals surface area contributed by atoms with Gasteiger partial charge in [-0.3, -0.25) is 0 Å². The Bertz CT molecular complexity index is 265. The van der Waals surface area contributed by atoms with Gasteiger partial charge in [0, 0.05) is 18.7 Å². The Morgan fingerprint density at radius 2 is 2.00 bits per heavy atom. The van der Waals surface area contributed by atoms with Crippen LogP contribution in [0.5, 0.6) is 0 Å². The number of aliphatic carboxylic acids is 1. The van der Waals surface area contributed by atoms with E-state index in [0.717, 1.165) is 11.5 Å². The number of carboxylic acids is 1. The van der Waals surface area contributed by atoms with Gasteiger partial charge in [-0.2, -0.15) is 0 Å². The molecule has 0 unspecified atom stereocenters. The van der Waals surface area contributed by atoms with Crippen LogP contribution >= 0.6 is 0 Å². The van der Waals surface area contributed by atoms with Crippen molar-refractivity contribution < 1.29 is 9.90 Å². The smallest absolute Gasteiger partial charge is 0.328 e. The Labute approximate surface area is 104 Å². The molecule has 0 saturated heterocycles. The fraction of sp³-hybridized carbons (Fsp3) is 0.786. The second-order valence-corrected chi connectivity index (χ2v) is 5.22. The zero-order chi connectivity index (χ0) is 12.7. The summed E-state index contributed by atoms with van der Waals surface area (Å²) in [5.74, 6) is 0.0738. The molecule has 0 aromatic rings. The second kappa shape index (κ2) is 7.49. The Hall–Kier alpha value is -0.830. The van der Waals surface area contributed by atoms with Crippen LogP contribution in [0, 0.1) is 5.92 Å². The monoisotopic (exact) mass is 239 g/mol. The molecule has 1 aliphatic rings. The third kappa shape index (κ3) is 5.87. The molecule has 1 fully saturated rings. The van der Waals surface area contributed by atoms with Crippen LogP contribution in [-0.4, -0.2) is 23.7 Å². The minimum absolute atomic E-state index is 0.584. The van der Waals surface area contributed by atoms with Crippen molar-refractivity contribution in [2.75, 3.05) is 6.54 Å². The molecule has 98 valence electrons. The van der Waals surface area contributed by atoms with Crippen molar-refractivity contribution in [3.05, 3.63) is 11.6 Å². The highest BCUT2D eigenvalue weighted by atomic mass is 16.4. The summed E-state index contributed by atoms with van der Waals surface area (Å²) >= 11 is 0. The van der Waals surface area contributed by atoms with E-state index in [0.29, 0.717) is 12.6 Å². The van der Waals surface area contributed by atoms with Crippen molar-refractivity contribution >= 4 is 5.97 Å². The zero-order valence-electron chi connectivity index (χ0n) is 11.0. The summed E-state index contributed by atoms with van der Waals surface area (Å²) in [6.45, 7) is 4.82. The molecule has 0 spiro atoms. The van der Waals surface area contributed by atoms with E-state index in [4.69, 9.17) is 5.11 Å². The Kier molecular flexibility index (Phi) is 6.27. The largest absolute Gasteiger partial charge is 0.478 e. The van der Waals surface area contributed by atoms with E-state index < -0.39 is 5.97 Å². The minimum atomic E-state index is -0.851. The van der Waals surface area contributed by atoms with Crippen molar-refractivity contribution in [2.45, 2.75) is 58.4 Å². The lowest BCUT2D eigenvalue weighted by molar-refractivity contribution is -0.131. The van der Waals surface area contributed by atoms with Gasteiger partial charge in [-0.05, 0) is 38.5 Å². The second-order valence-electron chi connectivity index (χ2n) is 5.22. The fourth-order valence-corrected chi connectivity index (χ4v) is 2.63. The standard InChI is InChI=1S/C14H25NO2/c1-3-4-12-5-7-13(8-6-12)15-10-11(2)9-14(16)17/h9,12-13,15H,3-8,10H2,1-2H3,(H,16,17). The molecule has 1 aliphatic carbocycles. The van der Waals surface area contributed by atoms with Crippen LogP contribution in [-0.2, 0) is 4.79 Å². The van der Waals surface area contributed by atoms with Crippen molar-refractivity contribution in [1.82, 2.24) is 5.32 Å². The average Bonchev–Trinajstić information content (AvgIpc) is 2.28. The highest BCUT2D eigenvalue weighted by molar-refractivity contribution is 5.80. The first-order valence-electron chi connectivity index (χ1n) is 6.75. The van der Waals surface area contributed by atoms with Crippen LogP contribution < -0.4 is 5.32 Å². The number of carbonyl (C=O) groups is 1. The number of rotatable bonds is 6. The molecule has 0 radical (unpaired) electrons. The third-order valence-electron chi connectivity index (χ3n) is 3.58. The van der Waals surface area contributed by atoms with Crippen molar-refractivity contribution in [2.24, 2.45) is 5.92 Å². The van der Waals surface area contributed by atoms with Crippen LogP contribution in [0.2, 0.25) is 0 Å². The van der Waals surface area contributed by atoms with Gasteiger partial charge < -0.3 is 10.4 Å². The normalized spacial score (nSPS) is 25.9. The van der Waals surface area contributed by atoms with Crippen molar-refractivity contribution in [3.8, 4) is 0 Å². The van der Waals surface area contributed by atoms with Crippen LogP contribution in [0.3, 0.4) is 0 Å². The predicted octanol–water partition coefficient (Wildman–Crippen LogP) is 2.97. The van der Waals surface area contributed by atoms with E-state index in [1.165, 1.54) is 44.6 Å². The maximum absolute atomic E-state index is 10.5. The lowest BCUT2D eigenvalue weighted by Crippen LogP contribution is -2.34. The highest BCUT2D eigenvalue weighted by Crippen LogP contribution is 2.27. The molecule has 17 heavy (non-hydrogen) atoms.